The topological polar surface area (TPSA) is 61.3 Å². The lowest BCUT2D eigenvalue weighted by atomic mass is 10.0. The molecule has 0 fully saturated rings. The van der Waals surface area contributed by atoms with Crippen LogP contribution in [0.25, 0.3) is 11.1 Å². The van der Waals surface area contributed by atoms with Gasteiger partial charge in [0.15, 0.2) is 0 Å². The Kier molecular flexibility index (Phi) is 2.68. The second-order valence-corrected chi connectivity index (χ2v) is 3.58. The molecule has 2 aromatic rings. The van der Waals surface area contributed by atoms with Gasteiger partial charge in [-0.15, -0.1) is 0 Å². The second-order valence-electron chi connectivity index (χ2n) is 3.58. The number of hydrogen-bond donors (Lipinski definition) is 2. The van der Waals surface area contributed by atoms with E-state index in [2.05, 4.69) is 0 Å². The standard InChI is InChI=1S/C13H14N2O/c1-16-11-6-7-13(15)12(8-11)9-2-4-10(14)5-3-9/h2-8H,14-15H2,1H3. The molecule has 2 aromatic carbocycles. The molecular weight excluding hydrogens is 200 g/mol. The van der Waals surface area contributed by atoms with Crippen molar-refractivity contribution in [1.29, 1.82) is 0 Å². The molecule has 0 aliphatic rings. The Bertz CT molecular complexity index is 492. The van der Waals surface area contributed by atoms with Crippen LogP contribution in [0.2, 0.25) is 0 Å². The maximum Gasteiger partial charge on any atom is 0.119 e. The summed E-state index contributed by atoms with van der Waals surface area (Å²) in [6, 6.07) is 13.2. The quantitative estimate of drug-likeness (QED) is 0.755. The number of ether oxygens (including phenoxy) is 1. The molecule has 0 atom stereocenters. The Labute approximate surface area is 94.6 Å². The maximum atomic E-state index is 5.93. The first-order valence-electron chi connectivity index (χ1n) is 5.00. The molecule has 0 heterocycles. The van der Waals surface area contributed by atoms with E-state index in [0.717, 1.165) is 28.3 Å². The van der Waals surface area contributed by atoms with Crippen molar-refractivity contribution < 1.29 is 4.74 Å². The summed E-state index contributed by atoms with van der Waals surface area (Å²) in [5.41, 5.74) is 15.0. The predicted octanol–water partition coefficient (Wildman–Crippen LogP) is 2.53. The van der Waals surface area contributed by atoms with Crippen LogP contribution in [0.3, 0.4) is 0 Å². The normalized spacial score (nSPS) is 10.1. The van der Waals surface area contributed by atoms with Crippen LogP contribution in [-0.4, -0.2) is 7.11 Å². The summed E-state index contributed by atoms with van der Waals surface area (Å²) in [7, 11) is 1.64. The van der Waals surface area contributed by atoms with Crippen molar-refractivity contribution in [1.82, 2.24) is 0 Å². The minimum absolute atomic E-state index is 0.727. The van der Waals surface area contributed by atoms with Crippen molar-refractivity contribution in [2.45, 2.75) is 0 Å². The zero-order chi connectivity index (χ0) is 11.5. The van der Waals surface area contributed by atoms with Crippen molar-refractivity contribution in [3.05, 3.63) is 42.5 Å². The highest BCUT2D eigenvalue weighted by atomic mass is 16.5. The number of methoxy groups -OCH3 is 1. The Hall–Kier alpha value is -2.16. The zero-order valence-electron chi connectivity index (χ0n) is 9.10. The summed E-state index contributed by atoms with van der Waals surface area (Å²) in [4.78, 5) is 0. The van der Waals surface area contributed by atoms with E-state index in [0.29, 0.717) is 0 Å². The molecule has 0 amide bonds. The summed E-state index contributed by atoms with van der Waals surface area (Å²) in [6.07, 6.45) is 0. The van der Waals surface area contributed by atoms with Crippen LogP contribution in [0.1, 0.15) is 0 Å². The van der Waals surface area contributed by atoms with E-state index in [4.69, 9.17) is 16.2 Å². The van der Waals surface area contributed by atoms with E-state index < -0.39 is 0 Å². The van der Waals surface area contributed by atoms with Crippen LogP contribution in [-0.2, 0) is 0 Å². The summed E-state index contributed by atoms with van der Waals surface area (Å²) < 4.78 is 5.17. The number of hydrogen-bond acceptors (Lipinski definition) is 3. The summed E-state index contributed by atoms with van der Waals surface area (Å²) in [5, 5.41) is 0. The Balaban J connectivity index is 2.50. The first-order chi connectivity index (χ1) is 7.70. The van der Waals surface area contributed by atoms with Gasteiger partial charge in [0.2, 0.25) is 0 Å². The van der Waals surface area contributed by atoms with Gasteiger partial charge in [-0.2, -0.15) is 0 Å². The largest absolute Gasteiger partial charge is 0.497 e. The Morgan fingerprint density at radius 2 is 1.62 bits per heavy atom. The Morgan fingerprint density at radius 1 is 0.938 bits per heavy atom. The van der Waals surface area contributed by atoms with Crippen molar-refractivity contribution in [2.75, 3.05) is 18.6 Å². The lowest BCUT2D eigenvalue weighted by Crippen LogP contribution is -1.92. The van der Waals surface area contributed by atoms with Gasteiger partial charge in [0, 0.05) is 16.9 Å². The number of benzene rings is 2. The van der Waals surface area contributed by atoms with Crippen molar-refractivity contribution in [3.63, 3.8) is 0 Å². The minimum atomic E-state index is 0.727. The SMILES string of the molecule is COc1ccc(N)c(-c2ccc(N)cc2)c1. The van der Waals surface area contributed by atoms with Crippen LogP contribution in [0.5, 0.6) is 5.75 Å². The molecule has 3 heteroatoms. The summed E-state index contributed by atoms with van der Waals surface area (Å²) in [6.45, 7) is 0. The van der Waals surface area contributed by atoms with Gasteiger partial charge in [0.25, 0.3) is 0 Å². The fourth-order valence-corrected chi connectivity index (χ4v) is 1.58. The van der Waals surface area contributed by atoms with Crippen LogP contribution in [0.15, 0.2) is 42.5 Å². The first kappa shape index (κ1) is 10.4. The smallest absolute Gasteiger partial charge is 0.119 e. The molecular formula is C13H14N2O. The van der Waals surface area contributed by atoms with E-state index in [1.165, 1.54) is 0 Å². The van der Waals surface area contributed by atoms with E-state index in [-0.39, 0.29) is 0 Å². The fourth-order valence-electron chi connectivity index (χ4n) is 1.58. The molecule has 0 aliphatic heterocycles. The number of nitrogen functional groups attached to an aromatic ring is 2. The van der Waals surface area contributed by atoms with Gasteiger partial charge in [-0.05, 0) is 35.9 Å². The molecule has 0 spiro atoms. The van der Waals surface area contributed by atoms with E-state index in [1.54, 1.807) is 7.11 Å². The zero-order valence-corrected chi connectivity index (χ0v) is 9.10. The number of nitrogens with two attached hydrogens (primary N) is 2. The van der Waals surface area contributed by atoms with Gasteiger partial charge in [0.1, 0.15) is 5.75 Å². The van der Waals surface area contributed by atoms with Crippen LogP contribution in [0.4, 0.5) is 11.4 Å². The van der Waals surface area contributed by atoms with Gasteiger partial charge in [-0.1, -0.05) is 12.1 Å². The monoisotopic (exact) mass is 214 g/mol. The predicted molar refractivity (Wildman–Crippen MR) is 67.3 cm³/mol. The lowest BCUT2D eigenvalue weighted by molar-refractivity contribution is 0.415. The fraction of sp³-hybridized carbons (Fsp3) is 0.0769. The molecule has 0 radical (unpaired) electrons. The molecule has 2 rings (SSSR count). The van der Waals surface area contributed by atoms with Gasteiger partial charge < -0.3 is 16.2 Å². The highest BCUT2D eigenvalue weighted by Gasteiger charge is 2.04. The third-order valence-electron chi connectivity index (χ3n) is 2.48. The van der Waals surface area contributed by atoms with Crippen LogP contribution in [0, 0.1) is 0 Å². The summed E-state index contributed by atoms with van der Waals surface area (Å²) in [5.74, 6) is 0.793. The molecule has 0 saturated heterocycles. The Morgan fingerprint density at radius 3 is 2.25 bits per heavy atom. The molecule has 0 unspecified atom stereocenters. The molecule has 16 heavy (non-hydrogen) atoms. The molecule has 0 aliphatic carbocycles. The van der Waals surface area contributed by atoms with E-state index >= 15 is 0 Å². The highest BCUT2D eigenvalue weighted by Crippen LogP contribution is 2.30. The third-order valence-corrected chi connectivity index (χ3v) is 2.48. The van der Waals surface area contributed by atoms with Gasteiger partial charge >= 0.3 is 0 Å². The van der Waals surface area contributed by atoms with Crippen LogP contribution < -0.4 is 16.2 Å². The van der Waals surface area contributed by atoms with Crippen molar-refractivity contribution >= 4 is 11.4 Å². The van der Waals surface area contributed by atoms with Crippen molar-refractivity contribution in [3.8, 4) is 16.9 Å². The average molecular weight is 214 g/mol. The molecule has 82 valence electrons. The molecule has 0 aromatic heterocycles. The highest BCUT2D eigenvalue weighted by molar-refractivity contribution is 5.78. The van der Waals surface area contributed by atoms with Crippen LogP contribution >= 0.6 is 0 Å². The van der Waals surface area contributed by atoms with Gasteiger partial charge in [0.05, 0.1) is 7.11 Å². The van der Waals surface area contributed by atoms with E-state index in [9.17, 15) is 0 Å². The van der Waals surface area contributed by atoms with Crippen molar-refractivity contribution in [2.24, 2.45) is 0 Å². The molecule has 0 saturated carbocycles. The van der Waals surface area contributed by atoms with Gasteiger partial charge in [-0.25, -0.2) is 0 Å². The first-order valence-corrected chi connectivity index (χ1v) is 5.00. The maximum absolute atomic E-state index is 5.93. The minimum Gasteiger partial charge on any atom is -0.497 e. The second kappa shape index (κ2) is 4.14. The number of anilines is 2. The third kappa shape index (κ3) is 1.93. The summed E-state index contributed by atoms with van der Waals surface area (Å²) >= 11 is 0. The van der Waals surface area contributed by atoms with E-state index in [1.807, 2.05) is 42.5 Å². The molecule has 0 bridgehead atoms. The average Bonchev–Trinajstić information content (AvgIpc) is 2.31. The molecule has 3 nitrogen and oxygen atoms in total. The number of rotatable bonds is 2. The molecule has 4 N–H and O–H groups in total. The lowest BCUT2D eigenvalue weighted by Gasteiger charge is -2.08. The van der Waals surface area contributed by atoms with Gasteiger partial charge in [-0.3, -0.25) is 0 Å².